The number of carbonyl (C=O) groups excluding carboxylic acids is 3. The first-order valence-corrected chi connectivity index (χ1v) is 15.6. The third-order valence-corrected chi connectivity index (χ3v) is 11.4. The third kappa shape index (κ3) is 5.01. The second-order valence-electron chi connectivity index (χ2n) is 11.6. The zero-order valence-electron chi connectivity index (χ0n) is 24.4. The Bertz CT molecular complexity index is 1270. The fourth-order valence-corrected chi connectivity index (χ4v) is 9.66. The van der Waals surface area contributed by atoms with E-state index in [0.717, 1.165) is 30.8 Å². The molecule has 3 aliphatic heterocycles. The van der Waals surface area contributed by atoms with Gasteiger partial charge in [0.15, 0.2) is 0 Å². The van der Waals surface area contributed by atoms with Crippen LogP contribution >= 0.6 is 11.8 Å². The zero-order chi connectivity index (χ0) is 29.4. The summed E-state index contributed by atoms with van der Waals surface area (Å²) in [4.78, 5) is 46.0. The number of nitrogens with zero attached hydrogens (tertiary/aromatic N) is 2. The molecule has 3 N–H and O–H groups in total. The van der Waals surface area contributed by atoms with E-state index in [1.54, 1.807) is 16.7 Å². The monoisotopic (exact) mass is 578 g/mol. The molecule has 2 bridgehead atoms. The Morgan fingerprint density at radius 3 is 2.34 bits per heavy atom. The number of fused-ring (bicyclic) bond motifs is 1. The molecule has 0 saturated carbocycles. The molecule has 41 heavy (non-hydrogen) atoms. The van der Waals surface area contributed by atoms with Crippen LogP contribution in [0.4, 0.5) is 11.4 Å². The molecule has 3 aliphatic rings. The molecule has 0 aromatic heterocycles. The Morgan fingerprint density at radius 2 is 1.73 bits per heavy atom. The second kappa shape index (κ2) is 11.7. The number of aliphatic hydroxyl groups is 1. The summed E-state index contributed by atoms with van der Waals surface area (Å²) in [6.45, 7) is 10.1. The van der Waals surface area contributed by atoms with Gasteiger partial charge in [-0.2, -0.15) is 0 Å². The fourth-order valence-electron chi connectivity index (χ4n) is 7.32. The van der Waals surface area contributed by atoms with Gasteiger partial charge in [-0.05, 0) is 69.9 Å². The molecular formula is C32H42N4O4S. The van der Waals surface area contributed by atoms with E-state index in [1.807, 2.05) is 61.5 Å². The van der Waals surface area contributed by atoms with Crippen LogP contribution in [-0.2, 0) is 20.9 Å². The molecule has 0 radical (unpaired) electrons. The lowest BCUT2D eigenvalue weighted by molar-refractivity contribution is -0.142. The van der Waals surface area contributed by atoms with Crippen molar-refractivity contribution in [2.45, 2.75) is 75.1 Å². The highest BCUT2D eigenvalue weighted by molar-refractivity contribution is 8.02. The van der Waals surface area contributed by atoms with Crippen LogP contribution in [0, 0.1) is 11.8 Å². The number of amides is 3. The number of nitrogens with one attached hydrogen (secondary N) is 2. The first-order chi connectivity index (χ1) is 19.7. The average molecular weight is 579 g/mol. The Kier molecular flexibility index (Phi) is 8.39. The first-order valence-electron chi connectivity index (χ1n) is 14.8. The number of benzene rings is 2. The van der Waals surface area contributed by atoms with E-state index in [1.165, 1.54) is 0 Å². The molecule has 2 unspecified atom stereocenters. The van der Waals surface area contributed by atoms with Gasteiger partial charge < -0.3 is 25.5 Å². The van der Waals surface area contributed by atoms with Gasteiger partial charge in [-0.25, -0.2) is 0 Å². The molecule has 9 heteroatoms. The van der Waals surface area contributed by atoms with Crippen LogP contribution in [-0.4, -0.2) is 69.0 Å². The molecule has 3 heterocycles. The molecule has 3 fully saturated rings. The Balaban J connectivity index is 1.44. The molecule has 3 amide bonds. The van der Waals surface area contributed by atoms with Gasteiger partial charge in [0.25, 0.3) is 0 Å². The van der Waals surface area contributed by atoms with Crippen LogP contribution in [0.2, 0.25) is 0 Å². The highest BCUT2D eigenvalue weighted by Gasteiger charge is 2.77. The van der Waals surface area contributed by atoms with E-state index in [9.17, 15) is 19.5 Å². The summed E-state index contributed by atoms with van der Waals surface area (Å²) in [6.07, 6.45) is 1.93. The van der Waals surface area contributed by atoms with Crippen LogP contribution < -0.4 is 15.5 Å². The number of carbonyl (C=O) groups is 3. The maximum Gasteiger partial charge on any atom is 0.248 e. The number of anilines is 2. The van der Waals surface area contributed by atoms with E-state index in [0.29, 0.717) is 25.1 Å². The summed E-state index contributed by atoms with van der Waals surface area (Å²) in [5.41, 5.74) is 2.74. The van der Waals surface area contributed by atoms with Crippen LogP contribution in [0.15, 0.2) is 54.6 Å². The van der Waals surface area contributed by atoms with Gasteiger partial charge in [-0.15, -0.1) is 11.8 Å². The van der Waals surface area contributed by atoms with Gasteiger partial charge in [0.05, 0.1) is 29.2 Å². The minimum Gasteiger partial charge on any atom is -0.394 e. The largest absolute Gasteiger partial charge is 0.394 e. The number of aliphatic hydroxyl groups excluding tert-OH is 1. The summed E-state index contributed by atoms with van der Waals surface area (Å²) in [5.74, 6) is -1.77. The zero-order valence-corrected chi connectivity index (χ0v) is 25.2. The first kappa shape index (κ1) is 29.5. The van der Waals surface area contributed by atoms with Crippen LogP contribution in [0.3, 0.4) is 0 Å². The lowest BCUT2D eigenvalue weighted by Gasteiger charge is -2.36. The average Bonchev–Trinajstić information content (AvgIpc) is 3.55. The molecule has 2 aromatic rings. The molecule has 8 nitrogen and oxygen atoms in total. The highest BCUT2D eigenvalue weighted by atomic mass is 32.2. The van der Waals surface area contributed by atoms with Gasteiger partial charge in [-0.1, -0.05) is 37.3 Å². The van der Waals surface area contributed by atoms with Crippen molar-refractivity contribution in [2.24, 2.45) is 11.8 Å². The Morgan fingerprint density at radius 1 is 1.05 bits per heavy atom. The van der Waals surface area contributed by atoms with Crippen molar-refractivity contribution in [2.75, 3.05) is 29.9 Å². The van der Waals surface area contributed by atoms with E-state index >= 15 is 0 Å². The van der Waals surface area contributed by atoms with Gasteiger partial charge in [0, 0.05) is 35.8 Å². The molecule has 1 spiro atoms. The van der Waals surface area contributed by atoms with Gasteiger partial charge >= 0.3 is 0 Å². The summed E-state index contributed by atoms with van der Waals surface area (Å²) in [7, 11) is 0. The third-order valence-electron chi connectivity index (χ3n) is 9.39. The van der Waals surface area contributed by atoms with Gasteiger partial charge in [0.2, 0.25) is 17.7 Å². The van der Waals surface area contributed by atoms with Crippen molar-refractivity contribution in [1.29, 1.82) is 0 Å². The molecule has 5 rings (SSSR count). The minimum atomic E-state index is -0.779. The summed E-state index contributed by atoms with van der Waals surface area (Å²) >= 11 is 1.64. The molecule has 220 valence electrons. The number of rotatable bonds is 11. The van der Waals surface area contributed by atoms with E-state index in [4.69, 9.17) is 0 Å². The summed E-state index contributed by atoms with van der Waals surface area (Å²) < 4.78 is -1.17. The van der Waals surface area contributed by atoms with Crippen molar-refractivity contribution < 1.29 is 19.5 Å². The van der Waals surface area contributed by atoms with Gasteiger partial charge in [0.1, 0.15) is 6.04 Å². The number of likely N-dealkylation sites (tertiary alicyclic amines) is 1. The van der Waals surface area contributed by atoms with E-state index in [2.05, 4.69) is 36.3 Å². The van der Waals surface area contributed by atoms with Crippen molar-refractivity contribution in [3.63, 3.8) is 0 Å². The second-order valence-corrected chi connectivity index (χ2v) is 13.5. The predicted molar refractivity (Wildman–Crippen MR) is 164 cm³/mol. The molecule has 2 aromatic carbocycles. The fraction of sp³-hybridized carbons (Fsp3) is 0.531. The van der Waals surface area contributed by atoms with Gasteiger partial charge in [-0.3, -0.25) is 14.4 Å². The number of hydrogen-bond acceptors (Lipinski definition) is 6. The Hall–Kier alpha value is -3.04. The molecule has 3 saturated heterocycles. The summed E-state index contributed by atoms with van der Waals surface area (Å²) in [5, 5.41) is 16.4. The normalized spacial score (nSPS) is 28.9. The molecule has 0 aliphatic carbocycles. The van der Waals surface area contributed by atoms with Crippen molar-refractivity contribution in [1.82, 2.24) is 10.2 Å². The van der Waals surface area contributed by atoms with Crippen LogP contribution in [0.5, 0.6) is 0 Å². The number of hydrogen-bond donors (Lipinski definition) is 3. The lowest BCUT2D eigenvalue weighted by atomic mass is 9.66. The maximum atomic E-state index is 14.3. The van der Waals surface area contributed by atoms with Crippen molar-refractivity contribution >= 4 is 40.9 Å². The maximum absolute atomic E-state index is 14.3. The quantitative estimate of drug-likeness (QED) is 0.372. The number of thioether (sulfide) groups is 1. The summed E-state index contributed by atoms with van der Waals surface area (Å²) in [6, 6.07) is 16.2. The van der Waals surface area contributed by atoms with Crippen LogP contribution in [0.25, 0.3) is 0 Å². The highest BCUT2D eigenvalue weighted by Crippen LogP contribution is 2.71. The predicted octanol–water partition coefficient (Wildman–Crippen LogP) is 4.04. The lowest BCUT2D eigenvalue weighted by Crippen LogP contribution is -2.54. The smallest absolute Gasteiger partial charge is 0.248 e. The van der Waals surface area contributed by atoms with Crippen LogP contribution in [0.1, 0.15) is 52.5 Å². The topological polar surface area (TPSA) is 102 Å². The SMILES string of the molecule is CC[C@@H](CO)N1C(=O)[C@@H]2[C@@H](C(=O)NCc3ccccc3)[C@@]3(C)CCC2(S3)C1C(=O)Nc1ccc(N(CC)CC)cc1. The Labute approximate surface area is 247 Å². The van der Waals surface area contributed by atoms with E-state index in [-0.39, 0.29) is 24.3 Å². The molecule has 6 atom stereocenters. The van der Waals surface area contributed by atoms with Crippen molar-refractivity contribution in [3.05, 3.63) is 60.2 Å². The van der Waals surface area contributed by atoms with E-state index < -0.39 is 33.4 Å². The standard InChI is InChI=1S/C32H42N4O4S/c1-5-23(20-37)36-27(29(39)34-22-13-15-24(16-14-22)35(6-2)7-3)32-18-17-31(4,41-32)25(26(32)30(36)40)28(38)33-19-21-11-9-8-10-12-21/h8-16,23,25-27,37H,5-7,17-20H2,1-4H3,(H,33,38)(H,34,39)/t23-,25-,26-,27?,31+,32?/m0/s1. The minimum absolute atomic E-state index is 0.145. The molecular weight excluding hydrogens is 536 g/mol. The van der Waals surface area contributed by atoms with Crippen molar-refractivity contribution in [3.8, 4) is 0 Å².